The molecule has 1 unspecified atom stereocenters. The van der Waals surface area contributed by atoms with Gasteiger partial charge in [0.05, 0.1) is 0 Å². The minimum Gasteiger partial charge on any atom is -0.349 e. The van der Waals surface area contributed by atoms with Crippen LogP contribution in [0.3, 0.4) is 0 Å². The van der Waals surface area contributed by atoms with E-state index in [9.17, 15) is 19.2 Å². The first-order valence-corrected chi connectivity index (χ1v) is 9.86. The van der Waals surface area contributed by atoms with Gasteiger partial charge in [-0.25, -0.2) is 4.79 Å². The third-order valence-corrected chi connectivity index (χ3v) is 5.01. The number of benzene rings is 2. The highest BCUT2D eigenvalue weighted by Crippen LogP contribution is 2.20. The van der Waals surface area contributed by atoms with E-state index in [2.05, 4.69) is 16.0 Å². The third-order valence-electron chi connectivity index (χ3n) is 5.01. The van der Waals surface area contributed by atoms with Crippen LogP contribution in [-0.4, -0.2) is 47.3 Å². The Hall–Kier alpha value is -3.68. The second kappa shape index (κ2) is 8.36. The quantitative estimate of drug-likeness (QED) is 0.608. The van der Waals surface area contributed by atoms with Crippen LogP contribution in [0.5, 0.6) is 0 Å². The zero-order valence-electron chi connectivity index (χ0n) is 16.3. The average Bonchev–Trinajstić information content (AvgIpc) is 3.51. The summed E-state index contributed by atoms with van der Waals surface area (Å²) in [7, 11) is 0. The van der Waals surface area contributed by atoms with E-state index in [1.54, 1.807) is 24.3 Å². The van der Waals surface area contributed by atoms with Crippen LogP contribution in [-0.2, 0) is 16.0 Å². The molecule has 30 heavy (non-hydrogen) atoms. The topological polar surface area (TPSA) is 108 Å². The van der Waals surface area contributed by atoms with Gasteiger partial charge in [-0.05, 0) is 36.6 Å². The van der Waals surface area contributed by atoms with E-state index in [0.717, 1.165) is 23.3 Å². The lowest BCUT2D eigenvalue weighted by Gasteiger charge is -2.13. The molecule has 1 heterocycles. The zero-order chi connectivity index (χ0) is 21.1. The minimum absolute atomic E-state index is 0.188. The van der Waals surface area contributed by atoms with Gasteiger partial charge in [-0.2, -0.15) is 0 Å². The lowest BCUT2D eigenvalue weighted by molar-refractivity contribution is -0.130. The van der Waals surface area contributed by atoms with Gasteiger partial charge in [0.25, 0.3) is 11.8 Å². The number of rotatable bonds is 7. The molecule has 1 saturated heterocycles. The number of urea groups is 1. The fourth-order valence-corrected chi connectivity index (χ4v) is 3.29. The first-order valence-electron chi connectivity index (χ1n) is 9.86. The van der Waals surface area contributed by atoms with Crippen LogP contribution in [0.25, 0.3) is 0 Å². The highest BCUT2D eigenvalue weighted by Gasteiger charge is 2.38. The minimum atomic E-state index is -0.692. The molecule has 4 rings (SSSR count). The van der Waals surface area contributed by atoms with E-state index in [4.69, 9.17) is 0 Å². The number of nitrogens with zero attached hydrogens (tertiary/aromatic N) is 1. The number of anilines is 1. The van der Waals surface area contributed by atoms with Gasteiger partial charge < -0.3 is 16.0 Å². The number of imide groups is 1. The molecule has 0 radical (unpaired) electrons. The van der Waals surface area contributed by atoms with Gasteiger partial charge >= 0.3 is 6.03 Å². The molecule has 3 N–H and O–H groups in total. The molecule has 0 spiro atoms. The highest BCUT2D eigenvalue weighted by atomic mass is 16.2. The largest absolute Gasteiger partial charge is 0.349 e. The number of nitrogens with one attached hydrogen (secondary N) is 3. The van der Waals surface area contributed by atoms with Gasteiger partial charge in [0, 0.05) is 23.7 Å². The molecule has 2 fully saturated rings. The van der Waals surface area contributed by atoms with Crippen LogP contribution in [0.4, 0.5) is 10.5 Å². The normalized spacial score (nSPS) is 18.1. The summed E-state index contributed by atoms with van der Waals surface area (Å²) in [4.78, 5) is 50.2. The summed E-state index contributed by atoms with van der Waals surface area (Å²) in [5.74, 6) is -1.14. The number of carbonyl (C=O) groups is 4. The van der Waals surface area contributed by atoms with Gasteiger partial charge in [0.1, 0.15) is 12.6 Å². The lowest BCUT2D eigenvalue weighted by atomic mass is 10.1. The molecule has 8 heteroatoms. The monoisotopic (exact) mass is 406 g/mol. The number of carbonyl (C=O) groups excluding carboxylic acids is 4. The molecule has 0 aromatic heterocycles. The van der Waals surface area contributed by atoms with Crippen molar-refractivity contribution in [1.29, 1.82) is 0 Å². The van der Waals surface area contributed by atoms with E-state index in [0.29, 0.717) is 17.7 Å². The molecule has 1 aliphatic carbocycles. The molecule has 8 nitrogen and oxygen atoms in total. The zero-order valence-corrected chi connectivity index (χ0v) is 16.3. The molecule has 2 aromatic rings. The Bertz CT molecular complexity index is 988. The summed E-state index contributed by atoms with van der Waals surface area (Å²) in [6.45, 7) is -0.394. The van der Waals surface area contributed by atoms with Crippen LogP contribution in [0, 0.1) is 0 Å². The van der Waals surface area contributed by atoms with E-state index in [-0.39, 0.29) is 11.9 Å². The van der Waals surface area contributed by atoms with Crippen molar-refractivity contribution in [3.05, 3.63) is 65.7 Å². The summed E-state index contributed by atoms with van der Waals surface area (Å²) in [6, 6.07) is 14.9. The van der Waals surface area contributed by atoms with Gasteiger partial charge in [0.15, 0.2) is 0 Å². The van der Waals surface area contributed by atoms with Crippen molar-refractivity contribution < 1.29 is 19.2 Å². The predicted molar refractivity (Wildman–Crippen MR) is 110 cm³/mol. The second-order valence-corrected chi connectivity index (χ2v) is 7.49. The smallest absolute Gasteiger partial charge is 0.325 e. The fourth-order valence-electron chi connectivity index (χ4n) is 3.29. The Labute approximate surface area is 173 Å². The first kappa shape index (κ1) is 19.6. The Balaban J connectivity index is 1.35. The van der Waals surface area contributed by atoms with Crippen LogP contribution in [0.2, 0.25) is 0 Å². The van der Waals surface area contributed by atoms with Crippen molar-refractivity contribution in [1.82, 2.24) is 15.5 Å². The summed E-state index contributed by atoms with van der Waals surface area (Å²) < 4.78 is 0. The Kier molecular flexibility index (Phi) is 5.47. The van der Waals surface area contributed by atoms with Crippen molar-refractivity contribution in [3.63, 3.8) is 0 Å². The van der Waals surface area contributed by atoms with Crippen molar-refractivity contribution in [2.75, 3.05) is 11.9 Å². The van der Waals surface area contributed by atoms with E-state index in [1.807, 2.05) is 30.3 Å². The maximum absolute atomic E-state index is 12.6. The van der Waals surface area contributed by atoms with Gasteiger partial charge in [0.2, 0.25) is 5.91 Å². The molecule has 0 bridgehead atoms. The van der Waals surface area contributed by atoms with Gasteiger partial charge in [-0.1, -0.05) is 36.4 Å². The molecule has 1 saturated carbocycles. The van der Waals surface area contributed by atoms with Crippen LogP contribution >= 0.6 is 0 Å². The van der Waals surface area contributed by atoms with Crippen molar-refractivity contribution in [2.45, 2.75) is 31.3 Å². The third kappa shape index (κ3) is 4.65. The van der Waals surface area contributed by atoms with Crippen molar-refractivity contribution in [2.24, 2.45) is 0 Å². The Morgan fingerprint density at radius 3 is 2.53 bits per heavy atom. The molecule has 1 atom stereocenters. The molecule has 5 amide bonds. The highest BCUT2D eigenvalue weighted by molar-refractivity contribution is 6.08. The SMILES string of the molecule is O=C(CN1C(=O)NC(Cc2ccccc2)C1=O)Nc1cccc(C(=O)NC2CC2)c1. The Morgan fingerprint density at radius 2 is 1.80 bits per heavy atom. The molecule has 2 aliphatic rings. The lowest BCUT2D eigenvalue weighted by Crippen LogP contribution is -2.38. The van der Waals surface area contributed by atoms with E-state index < -0.39 is 30.4 Å². The predicted octanol–water partition coefficient (Wildman–Crippen LogP) is 1.68. The first-order chi connectivity index (χ1) is 14.5. The number of hydrogen-bond donors (Lipinski definition) is 3. The van der Waals surface area contributed by atoms with Crippen molar-refractivity contribution in [3.8, 4) is 0 Å². The summed E-state index contributed by atoms with van der Waals surface area (Å²) in [6.07, 6.45) is 2.33. The van der Waals surface area contributed by atoms with E-state index >= 15 is 0 Å². The maximum atomic E-state index is 12.6. The number of amides is 5. The van der Waals surface area contributed by atoms with Crippen LogP contribution in [0.1, 0.15) is 28.8 Å². The van der Waals surface area contributed by atoms with Gasteiger partial charge in [-0.3, -0.25) is 19.3 Å². The number of hydrogen-bond acceptors (Lipinski definition) is 4. The maximum Gasteiger partial charge on any atom is 0.325 e. The molecule has 2 aromatic carbocycles. The van der Waals surface area contributed by atoms with Crippen molar-refractivity contribution >= 4 is 29.4 Å². The molecule has 154 valence electrons. The molecular weight excluding hydrogens is 384 g/mol. The van der Waals surface area contributed by atoms with Crippen LogP contribution < -0.4 is 16.0 Å². The summed E-state index contributed by atoms with van der Waals surface area (Å²) >= 11 is 0. The standard InChI is InChI=1S/C22H22N4O4/c27-19(23-17-8-4-7-15(12-17)20(28)24-16-9-10-16)13-26-21(29)18(25-22(26)30)11-14-5-2-1-3-6-14/h1-8,12,16,18H,9-11,13H2,(H,23,27)(H,24,28)(H,25,30). The molecule has 1 aliphatic heterocycles. The molecular formula is C22H22N4O4. The van der Waals surface area contributed by atoms with Gasteiger partial charge in [-0.15, -0.1) is 0 Å². The summed E-state index contributed by atoms with van der Waals surface area (Å²) in [5.41, 5.74) is 1.79. The second-order valence-electron chi connectivity index (χ2n) is 7.49. The Morgan fingerprint density at radius 1 is 1.03 bits per heavy atom. The van der Waals surface area contributed by atoms with E-state index in [1.165, 1.54) is 0 Å². The fraction of sp³-hybridized carbons (Fsp3) is 0.273. The summed E-state index contributed by atoms with van der Waals surface area (Å²) in [5, 5.41) is 8.16. The average molecular weight is 406 g/mol. The van der Waals surface area contributed by atoms with Crippen LogP contribution in [0.15, 0.2) is 54.6 Å².